The van der Waals surface area contributed by atoms with E-state index in [1.165, 1.54) is 18.4 Å². The van der Waals surface area contributed by atoms with Crippen molar-refractivity contribution >= 4 is 5.96 Å². The maximum absolute atomic E-state index is 6.15. The molecule has 162 valence electrons. The van der Waals surface area contributed by atoms with E-state index >= 15 is 0 Å². The van der Waals surface area contributed by atoms with Crippen molar-refractivity contribution in [3.8, 4) is 5.75 Å². The fourth-order valence-electron chi connectivity index (χ4n) is 3.66. The summed E-state index contributed by atoms with van der Waals surface area (Å²) in [6.45, 7) is 9.79. The Balaban J connectivity index is 1.48. The Morgan fingerprint density at radius 2 is 2.17 bits per heavy atom. The van der Waals surface area contributed by atoms with Crippen LogP contribution in [0.5, 0.6) is 5.75 Å². The van der Waals surface area contributed by atoms with Crippen LogP contribution in [0.25, 0.3) is 0 Å². The summed E-state index contributed by atoms with van der Waals surface area (Å²) in [6.07, 6.45) is 4.74. The number of aliphatic imine (C=N–C) groups is 1. The molecule has 1 saturated carbocycles. The third-order valence-electron chi connectivity index (χ3n) is 5.96. The normalized spacial score (nSPS) is 20.5. The van der Waals surface area contributed by atoms with Gasteiger partial charge in [-0.05, 0) is 56.6 Å². The number of hydrogen-bond donors (Lipinski definition) is 2. The summed E-state index contributed by atoms with van der Waals surface area (Å²) >= 11 is 0. The van der Waals surface area contributed by atoms with Crippen molar-refractivity contribution in [1.82, 2.24) is 10.6 Å². The third-order valence-corrected chi connectivity index (χ3v) is 5.96. The molecule has 0 radical (unpaired) electrons. The lowest BCUT2D eigenvalue weighted by atomic mass is 10.0. The minimum absolute atomic E-state index is 0.383. The van der Waals surface area contributed by atoms with E-state index < -0.39 is 0 Å². The Kier molecular flexibility index (Phi) is 8.19. The Morgan fingerprint density at radius 1 is 1.31 bits per heavy atom. The smallest absolute Gasteiger partial charge is 0.191 e. The number of guanidine groups is 1. The first-order valence-electron chi connectivity index (χ1n) is 11.0. The number of benzene rings is 1. The van der Waals surface area contributed by atoms with Crippen molar-refractivity contribution in [2.24, 2.45) is 16.3 Å². The van der Waals surface area contributed by atoms with Crippen LogP contribution >= 0.6 is 0 Å². The van der Waals surface area contributed by atoms with Gasteiger partial charge in [0.25, 0.3) is 0 Å². The van der Waals surface area contributed by atoms with Gasteiger partial charge in [-0.25, -0.2) is 0 Å². The lowest BCUT2D eigenvalue weighted by Gasteiger charge is -2.19. The number of rotatable bonds is 11. The molecular weight excluding hydrogens is 366 g/mol. The van der Waals surface area contributed by atoms with E-state index in [-0.39, 0.29) is 0 Å². The summed E-state index contributed by atoms with van der Waals surface area (Å²) in [5.74, 6) is 2.29. The lowest BCUT2D eigenvalue weighted by molar-refractivity contribution is 0.128. The number of ether oxygens (including phenoxy) is 3. The highest BCUT2D eigenvalue weighted by molar-refractivity contribution is 5.79. The highest BCUT2D eigenvalue weighted by Crippen LogP contribution is 2.48. The van der Waals surface area contributed by atoms with Crippen LogP contribution in [0.2, 0.25) is 0 Å². The summed E-state index contributed by atoms with van der Waals surface area (Å²) in [5, 5.41) is 6.95. The van der Waals surface area contributed by atoms with Crippen molar-refractivity contribution in [2.45, 2.75) is 46.1 Å². The van der Waals surface area contributed by atoms with Gasteiger partial charge in [-0.3, -0.25) is 4.99 Å². The van der Waals surface area contributed by atoms with Crippen LogP contribution < -0.4 is 15.4 Å². The second-order valence-electron chi connectivity index (χ2n) is 8.38. The molecule has 2 fully saturated rings. The molecule has 1 aromatic rings. The summed E-state index contributed by atoms with van der Waals surface area (Å²) in [7, 11) is 1.82. The molecule has 6 heteroatoms. The average Bonchev–Trinajstić information content (AvgIpc) is 3.29. The van der Waals surface area contributed by atoms with E-state index in [0.29, 0.717) is 24.5 Å². The van der Waals surface area contributed by atoms with E-state index in [2.05, 4.69) is 40.7 Å². The first kappa shape index (κ1) is 21.9. The Bertz CT molecular complexity index is 667. The van der Waals surface area contributed by atoms with Crippen LogP contribution in [0.4, 0.5) is 0 Å². The zero-order valence-corrected chi connectivity index (χ0v) is 18.3. The molecule has 1 heterocycles. The molecule has 1 unspecified atom stereocenters. The summed E-state index contributed by atoms with van der Waals surface area (Å²) in [5.41, 5.74) is 2.74. The topological polar surface area (TPSA) is 64.1 Å². The minimum atomic E-state index is 0.383. The zero-order valence-electron chi connectivity index (χ0n) is 18.3. The molecule has 1 atom stereocenters. The lowest BCUT2D eigenvalue weighted by Crippen LogP contribution is -2.40. The molecule has 2 N–H and O–H groups in total. The van der Waals surface area contributed by atoms with Crippen LogP contribution in [0, 0.1) is 18.3 Å². The van der Waals surface area contributed by atoms with Gasteiger partial charge in [0.2, 0.25) is 0 Å². The Labute approximate surface area is 175 Å². The molecule has 2 aliphatic rings. The first-order valence-corrected chi connectivity index (χ1v) is 11.0. The number of aryl methyl sites for hydroxylation is 1. The van der Waals surface area contributed by atoms with E-state index in [0.717, 1.165) is 63.1 Å². The van der Waals surface area contributed by atoms with Gasteiger partial charge in [0.05, 0.1) is 13.2 Å². The SMILES string of the molecule is CCOCCC1(CNC(=NC)NCc2ccc(C)cc2OCC2CCOC2)CC1. The van der Waals surface area contributed by atoms with Gasteiger partial charge in [-0.2, -0.15) is 0 Å². The molecule has 0 spiro atoms. The number of nitrogens with one attached hydrogen (secondary N) is 2. The number of hydrogen-bond acceptors (Lipinski definition) is 4. The van der Waals surface area contributed by atoms with Gasteiger partial charge in [-0.15, -0.1) is 0 Å². The third kappa shape index (κ3) is 6.89. The Morgan fingerprint density at radius 3 is 2.86 bits per heavy atom. The summed E-state index contributed by atoms with van der Waals surface area (Å²) < 4.78 is 17.1. The first-order chi connectivity index (χ1) is 14.1. The summed E-state index contributed by atoms with van der Waals surface area (Å²) in [4.78, 5) is 4.39. The molecule has 6 nitrogen and oxygen atoms in total. The predicted molar refractivity (Wildman–Crippen MR) is 117 cm³/mol. The molecule has 1 aliphatic carbocycles. The average molecular weight is 404 g/mol. The number of nitrogens with zero attached hydrogens (tertiary/aromatic N) is 1. The van der Waals surface area contributed by atoms with Crippen LogP contribution in [0.15, 0.2) is 23.2 Å². The van der Waals surface area contributed by atoms with Crippen molar-refractivity contribution in [3.05, 3.63) is 29.3 Å². The zero-order chi connectivity index (χ0) is 20.5. The second-order valence-corrected chi connectivity index (χ2v) is 8.38. The van der Waals surface area contributed by atoms with Gasteiger partial charge in [0, 0.05) is 51.4 Å². The fraction of sp³-hybridized carbons (Fsp3) is 0.696. The van der Waals surface area contributed by atoms with Gasteiger partial charge >= 0.3 is 0 Å². The highest BCUT2D eigenvalue weighted by Gasteiger charge is 2.41. The summed E-state index contributed by atoms with van der Waals surface area (Å²) in [6, 6.07) is 6.39. The molecule has 0 bridgehead atoms. The molecule has 1 aliphatic heterocycles. The van der Waals surface area contributed by atoms with Crippen LogP contribution in [-0.2, 0) is 16.0 Å². The maximum Gasteiger partial charge on any atom is 0.191 e. The molecule has 0 amide bonds. The predicted octanol–water partition coefficient (Wildman–Crippen LogP) is 3.28. The van der Waals surface area contributed by atoms with Gasteiger partial charge in [0.1, 0.15) is 5.75 Å². The van der Waals surface area contributed by atoms with Crippen LogP contribution in [0.1, 0.15) is 43.7 Å². The molecule has 3 rings (SSSR count). The van der Waals surface area contributed by atoms with Gasteiger partial charge < -0.3 is 24.8 Å². The van der Waals surface area contributed by atoms with Gasteiger partial charge in [0.15, 0.2) is 5.96 Å². The largest absolute Gasteiger partial charge is 0.493 e. The van der Waals surface area contributed by atoms with E-state index in [4.69, 9.17) is 14.2 Å². The molecule has 0 aromatic heterocycles. The van der Waals surface area contributed by atoms with E-state index in [1.54, 1.807) is 0 Å². The molecule has 1 aromatic carbocycles. The minimum Gasteiger partial charge on any atom is -0.493 e. The van der Waals surface area contributed by atoms with E-state index in [9.17, 15) is 0 Å². The van der Waals surface area contributed by atoms with Crippen molar-refractivity contribution in [3.63, 3.8) is 0 Å². The molecular formula is C23H37N3O3. The Hall–Kier alpha value is -1.79. The quantitative estimate of drug-likeness (QED) is 0.337. The molecule has 1 saturated heterocycles. The van der Waals surface area contributed by atoms with Gasteiger partial charge in [-0.1, -0.05) is 12.1 Å². The molecule has 29 heavy (non-hydrogen) atoms. The maximum atomic E-state index is 6.15. The highest BCUT2D eigenvalue weighted by atomic mass is 16.5. The van der Waals surface area contributed by atoms with Crippen LogP contribution in [0.3, 0.4) is 0 Å². The monoisotopic (exact) mass is 403 g/mol. The second kappa shape index (κ2) is 10.8. The van der Waals surface area contributed by atoms with Crippen molar-refractivity contribution in [1.29, 1.82) is 0 Å². The van der Waals surface area contributed by atoms with Crippen LogP contribution in [-0.4, -0.2) is 52.6 Å². The van der Waals surface area contributed by atoms with Crippen molar-refractivity contribution < 1.29 is 14.2 Å². The van der Waals surface area contributed by atoms with E-state index in [1.807, 2.05) is 14.0 Å². The standard InChI is InChI=1S/C23H37N3O3/c1-4-27-12-10-23(8-9-23)17-26-22(24-3)25-14-20-6-5-18(2)13-21(20)29-16-19-7-11-28-15-19/h5-6,13,19H,4,7-12,14-17H2,1-3H3,(H2,24,25,26). The fourth-order valence-corrected chi connectivity index (χ4v) is 3.66. The van der Waals surface area contributed by atoms with Crippen molar-refractivity contribution in [2.75, 3.05) is 46.6 Å².